The molecule has 1 nitrogen and oxygen atoms in total. The first kappa shape index (κ1) is 12.7. The number of nitrogens with one attached hydrogen (secondary N) is 1. The van der Waals surface area contributed by atoms with Gasteiger partial charge in [-0.2, -0.15) is 0 Å². The van der Waals surface area contributed by atoms with Gasteiger partial charge in [-0.15, -0.1) is 0 Å². The van der Waals surface area contributed by atoms with Crippen molar-refractivity contribution in [3.8, 4) is 0 Å². The van der Waals surface area contributed by atoms with Crippen molar-refractivity contribution in [2.75, 3.05) is 5.32 Å². The van der Waals surface area contributed by atoms with Crippen LogP contribution < -0.4 is 5.32 Å². The zero-order valence-corrected chi connectivity index (χ0v) is 11.3. The number of benzene rings is 1. The number of hydrogen-bond acceptors (Lipinski definition) is 1. The van der Waals surface area contributed by atoms with Crippen LogP contribution in [0.4, 0.5) is 10.1 Å². The molecule has 1 unspecified atom stereocenters. The molecule has 0 heterocycles. The minimum atomic E-state index is -0.175. The molecule has 0 saturated heterocycles. The van der Waals surface area contributed by atoms with Crippen molar-refractivity contribution in [1.29, 1.82) is 0 Å². The molecule has 0 aliphatic carbocycles. The van der Waals surface area contributed by atoms with E-state index in [1.165, 1.54) is 18.9 Å². The van der Waals surface area contributed by atoms with Crippen LogP contribution in [0.1, 0.15) is 33.1 Å². The third-order valence-electron chi connectivity index (χ3n) is 2.32. The lowest BCUT2D eigenvalue weighted by atomic mass is 10.1. The normalized spacial score (nSPS) is 12.5. The molecule has 84 valence electrons. The fourth-order valence-electron chi connectivity index (χ4n) is 1.45. The van der Waals surface area contributed by atoms with Crippen LogP contribution in [0.5, 0.6) is 0 Å². The van der Waals surface area contributed by atoms with Crippen molar-refractivity contribution in [1.82, 2.24) is 0 Å². The second kappa shape index (κ2) is 6.30. The van der Waals surface area contributed by atoms with E-state index in [4.69, 9.17) is 0 Å². The molecule has 0 fully saturated rings. The largest absolute Gasteiger partial charge is 0.382 e. The highest BCUT2D eigenvalue weighted by Crippen LogP contribution is 2.20. The molecule has 0 bridgehead atoms. The predicted octanol–water partition coefficient (Wildman–Crippen LogP) is 4.42. The summed E-state index contributed by atoms with van der Waals surface area (Å²) in [6, 6.07) is 5.30. The molecule has 0 spiro atoms. The van der Waals surface area contributed by atoms with Gasteiger partial charge in [-0.25, -0.2) is 4.39 Å². The topological polar surface area (TPSA) is 12.0 Å². The van der Waals surface area contributed by atoms with Crippen molar-refractivity contribution in [2.24, 2.45) is 0 Å². The summed E-state index contributed by atoms with van der Waals surface area (Å²) in [5.74, 6) is -0.175. The summed E-state index contributed by atoms with van der Waals surface area (Å²) in [4.78, 5) is 0. The van der Waals surface area contributed by atoms with Crippen LogP contribution >= 0.6 is 22.6 Å². The summed E-state index contributed by atoms with van der Waals surface area (Å²) in [5.41, 5.74) is 1.03. The summed E-state index contributed by atoms with van der Waals surface area (Å²) in [5, 5.41) is 3.40. The number of hydrogen-bond donors (Lipinski definition) is 1. The van der Waals surface area contributed by atoms with Crippen LogP contribution in [-0.2, 0) is 0 Å². The Kier molecular flexibility index (Phi) is 5.36. The van der Waals surface area contributed by atoms with Gasteiger partial charge in [0, 0.05) is 15.3 Å². The Morgan fingerprint density at radius 1 is 1.47 bits per heavy atom. The van der Waals surface area contributed by atoms with Gasteiger partial charge in [0.2, 0.25) is 0 Å². The number of rotatable bonds is 5. The van der Waals surface area contributed by atoms with E-state index in [1.54, 1.807) is 12.1 Å². The molecule has 1 N–H and O–H groups in total. The molecule has 0 amide bonds. The van der Waals surface area contributed by atoms with Gasteiger partial charge < -0.3 is 5.32 Å². The van der Waals surface area contributed by atoms with E-state index in [-0.39, 0.29) is 5.82 Å². The Morgan fingerprint density at radius 2 is 2.20 bits per heavy atom. The molecule has 0 aliphatic rings. The zero-order valence-electron chi connectivity index (χ0n) is 9.19. The molecule has 15 heavy (non-hydrogen) atoms. The summed E-state index contributed by atoms with van der Waals surface area (Å²) in [7, 11) is 0. The first-order chi connectivity index (χ1) is 7.13. The number of unbranched alkanes of at least 4 members (excludes halogenated alkanes) is 1. The highest BCUT2D eigenvalue weighted by molar-refractivity contribution is 14.1. The molecule has 0 radical (unpaired) electrons. The van der Waals surface area contributed by atoms with E-state index in [9.17, 15) is 4.39 Å². The maximum Gasteiger partial charge on any atom is 0.124 e. The van der Waals surface area contributed by atoms with Crippen molar-refractivity contribution >= 4 is 28.3 Å². The van der Waals surface area contributed by atoms with Gasteiger partial charge in [-0.3, -0.25) is 0 Å². The van der Waals surface area contributed by atoms with Gasteiger partial charge in [0.05, 0.1) is 0 Å². The van der Waals surface area contributed by atoms with Crippen molar-refractivity contribution in [2.45, 2.75) is 39.2 Å². The quantitative estimate of drug-likeness (QED) is 0.792. The fourth-order valence-corrected chi connectivity index (χ4v) is 2.09. The summed E-state index contributed by atoms with van der Waals surface area (Å²) in [6.45, 7) is 4.35. The Hall–Kier alpha value is -0.320. The first-order valence-electron chi connectivity index (χ1n) is 5.35. The molecule has 0 saturated carbocycles. The smallest absolute Gasteiger partial charge is 0.124 e. The Labute approximate surface area is 105 Å². The highest BCUT2D eigenvalue weighted by Gasteiger charge is 2.05. The van der Waals surface area contributed by atoms with Gasteiger partial charge in [0.25, 0.3) is 0 Å². The van der Waals surface area contributed by atoms with Crippen molar-refractivity contribution in [3.63, 3.8) is 0 Å². The molecular weight excluding hydrogens is 304 g/mol. The minimum Gasteiger partial charge on any atom is -0.382 e. The lowest BCUT2D eigenvalue weighted by molar-refractivity contribution is 0.625. The Morgan fingerprint density at radius 3 is 2.80 bits per heavy atom. The zero-order chi connectivity index (χ0) is 11.3. The Balaban J connectivity index is 2.56. The monoisotopic (exact) mass is 321 g/mol. The van der Waals surface area contributed by atoms with Crippen molar-refractivity contribution in [3.05, 3.63) is 27.6 Å². The molecule has 1 aromatic rings. The number of halogens is 2. The van der Waals surface area contributed by atoms with Gasteiger partial charge in [0.15, 0.2) is 0 Å². The SMILES string of the molecule is CCCCC(C)Nc1ccc(F)cc1I. The summed E-state index contributed by atoms with van der Waals surface area (Å²) >= 11 is 2.15. The van der Waals surface area contributed by atoms with Gasteiger partial charge in [-0.1, -0.05) is 19.8 Å². The first-order valence-corrected chi connectivity index (χ1v) is 6.43. The maximum atomic E-state index is 12.9. The van der Waals surface area contributed by atoms with E-state index >= 15 is 0 Å². The molecule has 3 heteroatoms. The average molecular weight is 321 g/mol. The van der Waals surface area contributed by atoms with Crippen LogP contribution in [0.2, 0.25) is 0 Å². The molecular formula is C12H17FIN. The minimum absolute atomic E-state index is 0.175. The summed E-state index contributed by atoms with van der Waals surface area (Å²) < 4.78 is 13.8. The predicted molar refractivity (Wildman–Crippen MR) is 71.7 cm³/mol. The Bertz CT molecular complexity index is 314. The maximum absolute atomic E-state index is 12.9. The van der Waals surface area contributed by atoms with Crippen LogP contribution in [0.15, 0.2) is 18.2 Å². The van der Waals surface area contributed by atoms with Gasteiger partial charge in [0.1, 0.15) is 5.82 Å². The van der Waals surface area contributed by atoms with E-state index < -0.39 is 0 Å². The van der Waals surface area contributed by atoms with E-state index in [2.05, 4.69) is 41.8 Å². The summed E-state index contributed by atoms with van der Waals surface area (Å²) in [6.07, 6.45) is 3.60. The van der Waals surface area contributed by atoms with Crippen LogP contribution in [-0.4, -0.2) is 6.04 Å². The molecule has 1 atom stereocenters. The van der Waals surface area contributed by atoms with Gasteiger partial charge >= 0.3 is 0 Å². The van der Waals surface area contributed by atoms with Crippen LogP contribution in [0.25, 0.3) is 0 Å². The molecule has 1 aromatic carbocycles. The second-order valence-electron chi connectivity index (χ2n) is 3.81. The van der Waals surface area contributed by atoms with E-state index in [1.807, 2.05) is 0 Å². The molecule has 0 aliphatic heterocycles. The van der Waals surface area contributed by atoms with E-state index in [0.29, 0.717) is 6.04 Å². The molecule has 0 aromatic heterocycles. The lowest BCUT2D eigenvalue weighted by Gasteiger charge is -2.16. The second-order valence-corrected chi connectivity index (χ2v) is 4.97. The lowest BCUT2D eigenvalue weighted by Crippen LogP contribution is -2.15. The van der Waals surface area contributed by atoms with Gasteiger partial charge in [-0.05, 0) is 54.1 Å². The van der Waals surface area contributed by atoms with Crippen LogP contribution in [0.3, 0.4) is 0 Å². The highest BCUT2D eigenvalue weighted by atomic mass is 127. The van der Waals surface area contributed by atoms with Crippen LogP contribution in [0, 0.1) is 9.39 Å². The standard InChI is InChI=1S/C12H17FIN/c1-3-4-5-9(2)15-12-7-6-10(13)8-11(12)14/h6-9,15H,3-5H2,1-2H3. The van der Waals surface area contributed by atoms with E-state index in [0.717, 1.165) is 15.7 Å². The van der Waals surface area contributed by atoms with Crippen molar-refractivity contribution < 1.29 is 4.39 Å². The fraction of sp³-hybridized carbons (Fsp3) is 0.500. The third kappa shape index (κ3) is 4.36. The average Bonchev–Trinajstić information content (AvgIpc) is 2.19. The molecule has 1 rings (SSSR count). The number of anilines is 1. The third-order valence-corrected chi connectivity index (χ3v) is 3.22.